The Morgan fingerprint density at radius 3 is 2.65 bits per heavy atom. The minimum absolute atomic E-state index is 0.156. The normalized spacial score (nSPS) is 30.3. The summed E-state index contributed by atoms with van der Waals surface area (Å²) in [5.41, 5.74) is -0.771. The molecule has 2 aromatic rings. The van der Waals surface area contributed by atoms with Gasteiger partial charge in [0, 0.05) is 6.07 Å². The first-order valence-electron chi connectivity index (χ1n) is 10.1. The first-order valence-corrected chi connectivity index (χ1v) is 10.1. The van der Waals surface area contributed by atoms with Crippen LogP contribution in [-0.4, -0.2) is 67.7 Å². The Morgan fingerprint density at radius 2 is 1.94 bits per heavy atom. The second-order valence-corrected chi connectivity index (χ2v) is 7.79. The minimum Gasteiger partial charge on any atom is -0.468 e. The van der Waals surface area contributed by atoms with Crippen LogP contribution < -0.4 is 10.1 Å². The number of hydrogen-bond acceptors (Lipinski definition) is 8. The van der Waals surface area contributed by atoms with Crippen LogP contribution in [0.1, 0.15) is 43.3 Å². The minimum atomic E-state index is -4.65. The Kier molecular flexibility index (Phi) is 6.15. The number of aliphatic hydroxyl groups excluding tert-OH is 2. The van der Waals surface area contributed by atoms with E-state index < -0.39 is 42.4 Å². The van der Waals surface area contributed by atoms with E-state index >= 15 is 0 Å². The fourth-order valence-electron chi connectivity index (χ4n) is 3.86. The zero-order chi connectivity index (χ0) is 22.2. The molecule has 2 aromatic heterocycles. The average Bonchev–Trinajstić information content (AvgIpc) is 3.24. The number of hydrogen-bond donors (Lipinski definition) is 3. The highest BCUT2D eigenvalue weighted by molar-refractivity contribution is 5.19. The number of nitrogens with one attached hydrogen (secondary N) is 1. The molecule has 0 bridgehead atoms. The van der Waals surface area contributed by atoms with Crippen LogP contribution in [0.15, 0.2) is 24.4 Å². The largest absolute Gasteiger partial charge is 0.468 e. The van der Waals surface area contributed by atoms with Gasteiger partial charge in [0.2, 0.25) is 5.88 Å². The van der Waals surface area contributed by atoms with Crippen molar-refractivity contribution in [3.63, 3.8) is 0 Å². The monoisotopic (exact) mass is 443 g/mol. The zero-order valence-corrected chi connectivity index (χ0v) is 16.7. The number of pyridine rings is 1. The molecule has 2 saturated heterocycles. The summed E-state index contributed by atoms with van der Waals surface area (Å²) in [7, 11) is 0. The summed E-state index contributed by atoms with van der Waals surface area (Å²) in [5, 5.41) is 32.5. The Morgan fingerprint density at radius 1 is 1.19 bits per heavy atom. The van der Waals surface area contributed by atoms with Gasteiger partial charge in [-0.2, -0.15) is 13.2 Å². The highest BCUT2D eigenvalue weighted by atomic mass is 19.4. The Balaban J connectivity index is 1.60. The Bertz CT molecular complexity index is 889. The molecule has 9 nitrogen and oxygen atoms in total. The van der Waals surface area contributed by atoms with Gasteiger partial charge in [-0.05, 0) is 38.9 Å². The van der Waals surface area contributed by atoms with Crippen LogP contribution in [0.25, 0.3) is 0 Å². The maximum atomic E-state index is 13.0. The lowest BCUT2D eigenvalue weighted by molar-refractivity contribution is -0.214. The molecule has 2 fully saturated rings. The van der Waals surface area contributed by atoms with Gasteiger partial charge < -0.3 is 25.0 Å². The number of aromatic nitrogens is 4. The van der Waals surface area contributed by atoms with E-state index in [4.69, 9.17) is 9.47 Å². The molecule has 5 atom stereocenters. The third-order valence-electron chi connectivity index (χ3n) is 5.60. The van der Waals surface area contributed by atoms with Gasteiger partial charge in [0.1, 0.15) is 29.7 Å². The molecule has 2 aliphatic heterocycles. The second-order valence-electron chi connectivity index (χ2n) is 7.79. The molecule has 3 N–H and O–H groups in total. The van der Waals surface area contributed by atoms with E-state index in [0.717, 1.165) is 38.1 Å². The molecule has 0 unspecified atom stereocenters. The summed E-state index contributed by atoms with van der Waals surface area (Å²) in [6.07, 6.45) is -6.89. The van der Waals surface area contributed by atoms with E-state index in [-0.39, 0.29) is 11.9 Å². The van der Waals surface area contributed by atoms with Crippen molar-refractivity contribution in [2.75, 3.05) is 13.1 Å². The molecule has 0 aliphatic carbocycles. The lowest BCUT2D eigenvalue weighted by Crippen LogP contribution is -2.55. The summed E-state index contributed by atoms with van der Waals surface area (Å²) in [4.78, 5) is 3.48. The summed E-state index contributed by atoms with van der Waals surface area (Å²) >= 11 is 0. The molecule has 0 radical (unpaired) electrons. The van der Waals surface area contributed by atoms with Gasteiger partial charge in [0.15, 0.2) is 6.10 Å². The first kappa shape index (κ1) is 21.9. The van der Waals surface area contributed by atoms with Crippen LogP contribution in [-0.2, 0) is 10.9 Å². The molecule has 31 heavy (non-hydrogen) atoms. The standard InChI is InChI=1S/C19H24F3N5O4/c1-10-15(28)16(29)18(31-14-4-2-3-13(24-14)19(20,21)22)17(30-10)12-9-27(26-25-12)11-5-7-23-8-6-11/h2-4,9-11,15-18,23,28-29H,5-8H2,1H3/t10-,15+,16+,17-,18-/m1/s1. The predicted molar refractivity (Wildman–Crippen MR) is 100 cm³/mol. The van der Waals surface area contributed by atoms with E-state index in [1.807, 2.05) is 0 Å². The van der Waals surface area contributed by atoms with E-state index in [2.05, 4.69) is 20.6 Å². The number of rotatable bonds is 4. The number of halogens is 3. The Hall–Kier alpha value is -2.28. The lowest BCUT2D eigenvalue weighted by atomic mass is 9.94. The van der Waals surface area contributed by atoms with Crippen molar-refractivity contribution in [2.24, 2.45) is 0 Å². The van der Waals surface area contributed by atoms with Gasteiger partial charge in [0.05, 0.1) is 18.3 Å². The molecular formula is C19H24F3N5O4. The van der Waals surface area contributed by atoms with E-state index in [0.29, 0.717) is 5.69 Å². The summed E-state index contributed by atoms with van der Waals surface area (Å²) in [6.45, 7) is 3.29. The van der Waals surface area contributed by atoms with Gasteiger partial charge in [-0.15, -0.1) is 5.10 Å². The van der Waals surface area contributed by atoms with Crippen LogP contribution in [0.5, 0.6) is 5.88 Å². The average molecular weight is 443 g/mol. The Labute approximate surface area is 176 Å². The first-order chi connectivity index (χ1) is 14.7. The second kappa shape index (κ2) is 8.69. The van der Waals surface area contributed by atoms with E-state index in [9.17, 15) is 23.4 Å². The molecule has 0 amide bonds. The quantitative estimate of drug-likeness (QED) is 0.647. The molecule has 0 spiro atoms. The van der Waals surface area contributed by atoms with Gasteiger partial charge in [0.25, 0.3) is 0 Å². The van der Waals surface area contributed by atoms with Gasteiger partial charge in [-0.25, -0.2) is 9.67 Å². The van der Waals surface area contributed by atoms with Crippen LogP contribution in [0.4, 0.5) is 13.2 Å². The third kappa shape index (κ3) is 4.66. The smallest absolute Gasteiger partial charge is 0.433 e. The zero-order valence-electron chi connectivity index (χ0n) is 16.7. The highest BCUT2D eigenvalue weighted by Gasteiger charge is 2.46. The fraction of sp³-hybridized carbons (Fsp3) is 0.632. The van der Waals surface area contributed by atoms with Crippen LogP contribution in [0.2, 0.25) is 0 Å². The predicted octanol–water partition coefficient (Wildman–Crippen LogP) is 1.25. The van der Waals surface area contributed by atoms with Crippen molar-refractivity contribution < 1.29 is 32.9 Å². The molecule has 12 heteroatoms. The maximum Gasteiger partial charge on any atom is 0.433 e. The number of piperidine rings is 1. The summed E-state index contributed by atoms with van der Waals surface area (Å²) < 4.78 is 52.2. The van der Waals surface area contributed by atoms with Crippen LogP contribution >= 0.6 is 0 Å². The topological polar surface area (TPSA) is 115 Å². The molecule has 170 valence electrons. The van der Waals surface area contributed by atoms with Crippen molar-refractivity contribution in [2.45, 2.75) is 62.5 Å². The van der Waals surface area contributed by atoms with Gasteiger partial charge in [-0.3, -0.25) is 0 Å². The summed E-state index contributed by atoms with van der Waals surface area (Å²) in [6, 6.07) is 3.38. The molecule has 4 heterocycles. The van der Waals surface area contributed by atoms with Crippen molar-refractivity contribution in [3.8, 4) is 5.88 Å². The molecule has 0 aromatic carbocycles. The van der Waals surface area contributed by atoms with Crippen molar-refractivity contribution in [3.05, 3.63) is 35.8 Å². The van der Waals surface area contributed by atoms with E-state index in [1.54, 1.807) is 17.8 Å². The SMILES string of the molecule is C[C@H]1O[C@H](c2cn(C3CCNCC3)nn2)[C@H](Oc2cccc(C(F)(F)F)n2)[C@@H](O)[C@H]1O. The third-order valence-corrected chi connectivity index (χ3v) is 5.60. The summed E-state index contributed by atoms with van der Waals surface area (Å²) in [5.74, 6) is -0.347. The maximum absolute atomic E-state index is 13.0. The van der Waals surface area contributed by atoms with Crippen molar-refractivity contribution >= 4 is 0 Å². The number of ether oxygens (including phenoxy) is 2. The molecular weight excluding hydrogens is 419 g/mol. The lowest BCUT2D eigenvalue weighted by Gasteiger charge is -2.40. The highest BCUT2D eigenvalue weighted by Crippen LogP contribution is 2.35. The number of alkyl halides is 3. The molecule has 4 rings (SSSR count). The molecule has 2 aliphatic rings. The van der Waals surface area contributed by atoms with Crippen molar-refractivity contribution in [1.29, 1.82) is 0 Å². The van der Waals surface area contributed by atoms with Crippen LogP contribution in [0.3, 0.4) is 0 Å². The fourth-order valence-corrected chi connectivity index (χ4v) is 3.86. The van der Waals surface area contributed by atoms with E-state index in [1.165, 1.54) is 6.07 Å². The number of nitrogens with zero attached hydrogens (tertiary/aromatic N) is 4. The molecule has 0 saturated carbocycles. The van der Waals surface area contributed by atoms with Gasteiger partial charge in [-0.1, -0.05) is 11.3 Å². The van der Waals surface area contributed by atoms with Gasteiger partial charge >= 0.3 is 6.18 Å². The number of aliphatic hydroxyl groups is 2. The van der Waals surface area contributed by atoms with Crippen LogP contribution in [0, 0.1) is 0 Å². The van der Waals surface area contributed by atoms with Crippen molar-refractivity contribution in [1.82, 2.24) is 25.3 Å².